The Labute approximate surface area is 96.2 Å². The molecule has 0 aliphatic carbocycles. The lowest BCUT2D eigenvalue weighted by atomic mass is 10.0. The minimum absolute atomic E-state index is 0.622. The maximum Gasteiger partial charge on any atom is 0.227 e. The quantitative estimate of drug-likeness (QED) is 0.809. The van der Waals surface area contributed by atoms with Crippen LogP contribution >= 0.6 is 0 Å². The third-order valence-electron chi connectivity index (χ3n) is 3.19. The molecule has 1 aromatic heterocycles. The van der Waals surface area contributed by atoms with Gasteiger partial charge < -0.3 is 9.84 Å². The van der Waals surface area contributed by atoms with Crippen molar-refractivity contribution in [1.29, 1.82) is 0 Å². The largest absolute Gasteiger partial charge is 0.340 e. The fourth-order valence-electron chi connectivity index (χ4n) is 2.25. The first-order chi connectivity index (χ1) is 7.77. The predicted molar refractivity (Wildman–Crippen MR) is 61.1 cm³/mol. The molecular formula is C11H20N4O. The first-order valence-corrected chi connectivity index (χ1v) is 5.97. The van der Waals surface area contributed by atoms with Gasteiger partial charge in [-0.3, -0.25) is 4.90 Å². The molecule has 0 spiro atoms. The summed E-state index contributed by atoms with van der Waals surface area (Å²) in [6.45, 7) is 8.83. The molecule has 1 aromatic rings. The Balaban J connectivity index is 1.86. The minimum Gasteiger partial charge on any atom is -0.340 e. The van der Waals surface area contributed by atoms with Gasteiger partial charge in [-0.2, -0.15) is 4.98 Å². The standard InChI is InChI=1S/C11H20N4O/c1-9(2)10-7-12-4-6-15(10)5-3-11-13-8-14-16-11/h8-10,12H,3-7H2,1-2H3. The maximum atomic E-state index is 5.02. The van der Waals surface area contributed by atoms with Crippen LogP contribution in [0.3, 0.4) is 0 Å². The maximum absolute atomic E-state index is 5.02. The number of aromatic nitrogens is 2. The monoisotopic (exact) mass is 224 g/mol. The minimum atomic E-state index is 0.622. The zero-order valence-corrected chi connectivity index (χ0v) is 10.0. The third-order valence-corrected chi connectivity index (χ3v) is 3.19. The van der Waals surface area contributed by atoms with Crippen LogP contribution in [0.1, 0.15) is 19.7 Å². The molecule has 0 aromatic carbocycles. The molecule has 16 heavy (non-hydrogen) atoms. The van der Waals surface area contributed by atoms with Gasteiger partial charge in [-0.05, 0) is 5.92 Å². The van der Waals surface area contributed by atoms with Gasteiger partial charge in [-0.15, -0.1) is 0 Å². The van der Waals surface area contributed by atoms with Crippen molar-refractivity contribution < 1.29 is 4.52 Å². The summed E-state index contributed by atoms with van der Waals surface area (Å²) in [5.74, 6) is 1.41. The number of piperazine rings is 1. The molecule has 1 unspecified atom stereocenters. The van der Waals surface area contributed by atoms with Crippen molar-refractivity contribution in [2.45, 2.75) is 26.3 Å². The molecule has 1 aliphatic rings. The van der Waals surface area contributed by atoms with Crippen molar-refractivity contribution >= 4 is 0 Å². The zero-order chi connectivity index (χ0) is 11.4. The summed E-state index contributed by atoms with van der Waals surface area (Å²) in [6.07, 6.45) is 2.32. The molecule has 5 nitrogen and oxygen atoms in total. The first-order valence-electron chi connectivity index (χ1n) is 5.97. The van der Waals surface area contributed by atoms with Crippen LogP contribution in [0.2, 0.25) is 0 Å². The summed E-state index contributed by atoms with van der Waals surface area (Å²) in [5.41, 5.74) is 0. The van der Waals surface area contributed by atoms with E-state index < -0.39 is 0 Å². The van der Waals surface area contributed by atoms with Gasteiger partial charge in [0.25, 0.3) is 0 Å². The highest BCUT2D eigenvalue weighted by molar-refractivity contribution is 4.85. The van der Waals surface area contributed by atoms with Gasteiger partial charge in [0.2, 0.25) is 5.89 Å². The molecule has 0 saturated carbocycles. The van der Waals surface area contributed by atoms with E-state index in [1.165, 1.54) is 6.33 Å². The van der Waals surface area contributed by atoms with Gasteiger partial charge in [-0.25, -0.2) is 0 Å². The summed E-state index contributed by atoms with van der Waals surface area (Å²) >= 11 is 0. The van der Waals surface area contributed by atoms with E-state index in [0.717, 1.165) is 38.5 Å². The molecule has 90 valence electrons. The second-order valence-corrected chi connectivity index (χ2v) is 4.64. The first kappa shape index (κ1) is 11.5. The summed E-state index contributed by atoms with van der Waals surface area (Å²) in [5, 5.41) is 7.07. The molecule has 0 amide bonds. The second kappa shape index (κ2) is 5.41. The Kier molecular flexibility index (Phi) is 3.90. The average Bonchev–Trinajstić information content (AvgIpc) is 2.79. The fourth-order valence-corrected chi connectivity index (χ4v) is 2.25. The van der Waals surface area contributed by atoms with E-state index in [2.05, 4.69) is 34.2 Å². The van der Waals surface area contributed by atoms with Crippen molar-refractivity contribution in [2.24, 2.45) is 5.92 Å². The number of hydrogen-bond donors (Lipinski definition) is 1. The van der Waals surface area contributed by atoms with Crippen molar-refractivity contribution in [1.82, 2.24) is 20.4 Å². The third kappa shape index (κ3) is 2.80. The van der Waals surface area contributed by atoms with Crippen LogP contribution in [0.25, 0.3) is 0 Å². The van der Waals surface area contributed by atoms with Crippen molar-refractivity contribution in [3.8, 4) is 0 Å². The van der Waals surface area contributed by atoms with Crippen LogP contribution in [-0.2, 0) is 6.42 Å². The highest BCUT2D eigenvalue weighted by atomic mass is 16.5. The van der Waals surface area contributed by atoms with Crippen LogP contribution in [0, 0.1) is 5.92 Å². The summed E-state index contributed by atoms with van der Waals surface area (Å²) < 4.78 is 5.02. The van der Waals surface area contributed by atoms with E-state index >= 15 is 0 Å². The average molecular weight is 224 g/mol. The molecular weight excluding hydrogens is 204 g/mol. The Hall–Kier alpha value is -0.940. The highest BCUT2D eigenvalue weighted by Gasteiger charge is 2.24. The Bertz CT molecular complexity index is 299. The van der Waals surface area contributed by atoms with Gasteiger partial charge in [0, 0.05) is 38.6 Å². The lowest BCUT2D eigenvalue weighted by molar-refractivity contribution is 0.123. The van der Waals surface area contributed by atoms with Crippen LogP contribution in [0.5, 0.6) is 0 Å². The summed E-state index contributed by atoms with van der Waals surface area (Å²) in [6, 6.07) is 0.622. The normalized spacial score (nSPS) is 22.8. The zero-order valence-electron chi connectivity index (χ0n) is 10.0. The number of hydrogen-bond acceptors (Lipinski definition) is 5. The molecule has 5 heteroatoms. The Morgan fingerprint density at radius 1 is 1.62 bits per heavy atom. The number of nitrogens with one attached hydrogen (secondary N) is 1. The van der Waals surface area contributed by atoms with Gasteiger partial charge in [0.15, 0.2) is 6.33 Å². The molecule has 1 aliphatic heterocycles. The predicted octanol–water partition coefficient (Wildman–Crippen LogP) is 0.542. The van der Waals surface area contributed by atoms with E-state index in [1.807, 2.05) is 0 Å². The summed E-state index contributed by atoms with van der Waals surface area (Å²) in [7, 11) is 0. The Morgan fingerprint density at radius 2 is 2.50 bits per heavy atom. The van der Waals surface area contributed by atoms with Crippen LogP contribution in [-0.4, -0.2) is 47.3 Å². The van der Waals surface area contributed by atoms with Crippen molar-refractivity contribution in [3.05, 3.63) is 12.2 Å². The fraction of sp³-hybridized carbons (Fsp3) is 0.818. The molecule has 1 N–H and O–H groups in total. The lowest BCUT2D eigenvalue weighted by Gasteiger charge is -2.38. The molecule has 1 saturated heterocycles. The van der Waals surface area contributed by atoms with Gasteiger partial charge in [-0.1, -0.05) is 19.0 Å². The SMILES string of the molecule is CC(C)C1CNCCN1CCc1ncno1. The lowest BCUT2D eigenvalue weighted by Crippen LogP contribution is -2.53. The van der Waals surface area contributed by atoms with E-state index in [1.54, 1.807) is 0 Å². The van der Waals surface area contributed by atoms with Gasteiger partial charge >= 0.3 is 0 Å². The molecule has 0 bridgehead atoms. The molecule has 2 heterocycles. The molecule has 1 atom stereocenters. The van der Waals surface area contributed by atoms with E-state index in [4.69, 9.17) is 4.52 Å². The molecule has 0 radical (unpaired) electrons. The molecule has 2 rings (SSSR count). The summed E-state index contributed by atoms with van der Waals surface area (Å²) in [4.78, 5) is 6.57. The molecule has 1 fully saturated rings. The van der Waals surface area contributed by atoms with Crippen LogP contribution < -0.4 is 5.32 Å². The topological polar surface area (TPSA) is 54.2 Å². The number of rotatable bonds is 4. The number of nitrogens with zero attached hydrogens (tertiary/aromatic N) is 3. The van der Waals surface area contributed by atoms with Crippen molar-refractivity contribution in [3.63, 3.8) is 0 Å². The van der Waals surface area contributed by atoms with Gasteiger partial charge in [0.05, 0.1) is 0 Å². The Morgan fingerprint density at radius 3 is 3.19 bits per heavy atom. The van der Waals surface area contributed by atoms with E-state index in [0.29, 0.717) is 12.0 Å². The van der Waals surface area contributed by atoms with E-state index in [9.17, 15) is 0 Å². The van der Waals surface area contributed by atoms with Crippen LogP contribution in [0.4, 0.5) is 0 Å². The highest BCUT2D eigenvalue weighted by Crippen LogP contribution is 2.13. The second-order valence-electron chi connectivity index (χ2n) is 4.64. The smallest absolute Gasteiger partial charge is 0.227 e. The van der Waals surface area contributed by atoms with Gasteiger partial charge in [0.1, 0.15) is 0 Å². The van der Waals surface area contributed by atoms with Crippen LogP contribution in [0.15, 0.2) is 10.9 Å². The van der Waals surface area contributed by atoms with E-state index in [-0.39, 0.29) is 0 Å². The van der Waals surface area contributed by atoms with Crippen molar-refractivity contribution in [2.75, 3.05) is 26.2 Å².